The molecular weight excluding hydrogens is 331 g/mol. The molecule has 1 aromatic carbocycles. The van der Waals surface area contributed by atoms with E-state index in [0.717, 1.165) is 16.9 Å². The Morgan fingerprint density at radius 3 is 2.42 bits per heavy atom. The summed E-state index contributed by atoms with van der Waals surface area (Å²) in [5, 5.41) is -0.213. The van der Waals surface area contributed by atoms with E-state index >= 15 is 0 Å². The molecule has 0 aliphatic rings. The second-order valence-corrected chi connectivity index (χ2v) is 6.70. The number of alkyl halides is 1. The number of imidazole rings is 1. The summed E-state index contributed by atoms with van der Waals surface area (Å²) < 4.78 is 16.3. The molecule has 1 heterocycles. The molecule has 0 spiro atoms. The molecule has 2 atom stereocenters. The van der Waals surface area contributed by atoms with E-state index in [1.165, 1.54) is 6.07 Å². The van der Waals surface area contributed by atoms with Crippen LogP contribution >= 0.6 is 27.5 Å². The quantitative estimate of drug-likeness (QED) is 0.675. The van der Waals surface area contributed by atoms with Gasteiger partial charge in [-0.3, -0.25) is 0 Å². The Kier molecular flexibility index (Phi) is 4.21. The van der Waals surface area contributed by atoms with Crippen LogP contribution in [0.5, 0.6) is 0 Å². The van der Waals surface area contributed by atoms with E-state index in [9.17, 15) is 4.39 Å². The first-order valence-corrected chi connectivity index (χ1v) is 7.56. The van der Waals surface area contributed by atoms with Crippen molar-refractivity contribution in [1.82, 2.24) is 9.55 Å². The van der Waals surface area contributed by atoms with Crippen LogP contribution in [0.15, 0.2) is 16.6 Å². The SMILES string of the molecule is CC(Cl)c1nc2cc(Br)c(F)cc2n1C(C)C(C)C. The van der Waals surface area contributed by atoms with Crippen molar-refractivity contribution < 1.29 is 4.39 Å². The molecule has 0 fully saturated rings. The maximum absolute atomic E-state index is 13.8. The molecule has 2 aromatic rings. The molecular formula is C14H17BrClFN2. The molecule has 2 rings (SSSR count). The number of benzene rings is 1. The molecule has 0 saturated heterocycles. The minimum Gasteiger partial charge on any atom is -0.324 e. The van der Waals surface area contributed by atoms with Crippen molar-refractivity contribution >= 4 is 38.6 Å². The summed E-state index contributed by atoms with van der Waals surface area (Å²) in [4.78, 5) is 4.55. The lowest BCUT2D eigenvalue weighted by atomic mass is 10.1. The Bertz CT molecular complexity index is 607. The second kappa shape index (κ2) is 5.41. The number of aromatic nitrogens is 2. The van der Waals surface area contributed by atoms with Gasteiger partial charge < -0.3 is 4.57 Å². The van der Waals surface area contributed by atoms with Crippen LogP contribution in [0.25, 0.3) is 11.0 Å². The van der Waals surface area contributed by atoms with Gasteiger partial charge >= 0.3 is 0 Å². The number of halogens is 3. The summed E-state index contributed by atoms with van der Waals surface area (Å²) >= 11 is 9.42. The molecule has 0 saturated carbocycles. The summed E-state index contributed by atoms with van der Waals surface area (Å²) in [5.74, 6) is 0.923. The molecule has 0 radical (unpaired) electrons. The molecule has 0 aliphatic carbocycles. The third-order valence-electron chi connectivity index (χ3n) is 3.49. The average Bonchev–Trinajstić information content (AvgIpc) is 2.67. The van der Waals surface area contributed by atoms with Crippen LogP contribution in [0, 0.1) is 11.7 Å². The maximum atomic E-state index is 13.8. The van der Waals surface area contributed by atoms with Crippen molar-refractivity contribution in [3.05, 3.63) is 28.2 Å². The van der Waals surface area contributed by atoms with Gasteiger partial charge in [0.2, 0.25) is 0 Å². The fraction of sp³-hybridized carbons (Fsp3) is 0.500. The van der Waals surface area contributed by atoms with Crippen molar-refractivity contribution in [2.75, 3.05) is 0 Å². The van der Waals surface area contributed by atoms with E-state index in [1.807, 2.05) is 11.5 Å². The van der Waals surface area contributed by atoms with Gasteiger partial charge in [0.25, 0.3) is 0 Å². The highest BCUT2D eigenvalue weighted by Gasteiger charge is 2.21. The van der Waals surface area contributed by atoms with E-state index in [0.29, 0.717) is 10.4 Å². The van der Waals surface area contributed by atoms with Gasteiger partial charge in [0.15, 0.2) is 0 Å². The minimum absolute atomic E-state index is 0.210. The van der Waals surface area contributed by atoms with Gasteiger partial charge in [0, 0.05) is 12.1 Å². The van der Waals surface area contributed by atoms with Crippen molar-refractivity contribution in [2.24, 2.45) is 5.92 Å². The molecule has 0 amide bonds. The summed E-state index contributed by atoms with van der Waals surface area (Å²) in [6, 6.07) is 3.44. The predicted octanol–water partition coefficient (Wildman–Crippen LogP) is 5.45. The topological polar surface area (TPSA) is 17.8 Å². The Labute approximate surface area is 126 Å². The molecule has 1 aromatic heterocycles. The third-order valence-corrected chi connectivity index (χ3v) is 4.29. The molecule has 19 heavy (non-hydrogen) atoms. The van der Waals surface area contributed by atoms with E-state index < -0.39 is 0 Å². The van der Waals surface area contributed by atoms with Gasteiger partial charge in [-0.05, 0) is 41.8 Å². The van der Waals surface area contributed by atoms with E-state index in [2.05, 4.69) is 41.7 Å². The van der Waals surface area contributed by atoms with Gasteiger partial charge in [-0.25, -0.2) is 9.37 Å². The van der Waals surface area contributed by atoms with E-state index in [1.54, 1.807) is 6.07 Å². The number of nitrogens with zero attached hydrogens (tertiary/aromatic N) is 2. The summed E-state index contributed by atoms with van der Waals surface area (Å²) in [5.41, 5.74) is 1.56. The van der Waals surface area contributed by atoms with Crippen LogP contribution in [0.1, 0.15) is 44.9 Å². The lowest BCUT2D eigenvalue weighted by Crippen LogP contribution is -2.15. The molecule has 0 N–H and O–H groups in total. The molecule has 0 aliphatic heterocycles. The lowest BCUT2D eigenvalue weighted by molar-refractivity contribution is 0.405. The molecule has 104 valence electrons. The van der Waals surface area contributed by atoms with Gasteiger partial charge in [-0.15, -0.1) is 11.6 Å². The van der Waals surface area contributed by atoms with Crippen LogP contribution in [-0.4, -0.2) is 9.55 Å². The largest absolute Gasteiger partial charge is 0.324 e. The van der Waals surface area contributed by atoms with E-state index in [-0.39, 0.29) is 17.2 Å². The fourth-order valence-electron chi connectivity index (χ4n) is 2.12. The minimum atomic E-state index is -0.279. The van der Waals surface area contributed by atoms with Crippen LogP contribution in [0.4, 0.5) is 4.39 Å². The first kappa shape index (κ1) is 14.8. The summed E-state index contributed by atoms with van der Waals surface area (Å²) in [6.45, 7) is 8.26. The van der Waals surface area contributed by atoms with Gasteiger partial charge in [-0.1, -0.05) is 13.8 Å². The zero-order valence-corrected chi connectivity index (χ0v) is 13.8. The standard InChI is InChI=1S/C14H17BrClFN2/c1-7(2)9(4)19-13-6-11(17)10(15)5-12(13)18-14(19)8(3)16/h5-9H,1-4H3. The smallest absolute Gasteiger partial charge is 0.139 e. The molecule has 0 bridgehead atoms. The van der Waals surface area contributed by atoms with E-state index in [4.69, 9.17) is 11.6 Å². The Balaban J connectivity index is 2.76. The third kappa shape index (κ3) is 2.65. The maximum Gasteiger partial charge on any atom is 0.139 e. The number of hydrogen-bond donors (Lipinski definition) is 0. The Morgan fingerprint density at radius 2 is 1.89 bits per heavy atom. The monoisotopic (exact) mass is 346 g/mol. The highest BCUT2D eigenvalue weighted by atomic mass is 79.9. The Morgan fingerprint density at radius 1 is 1.26 bits per heavy atom. The van der Waals surface area contributed by atoms with Crippen LogP contribution in [0.3, 0.4) is 0 Å². The number of fused-ring (bicyclic) bond motifs is 1. The molecule has 2 unspecified atom stereocenters. The summed E-state index contributed by atoms with van der Waals surface area (Å²) in [7, 11) is 0. The zero-order valence-electron chi connectivity index (χ0n) is 11.4. The van der Waals surface area contributed by atoms with Crippen LogP contribution < -0.4 is 0 Å². The van der Waals surface area contributed by atoms with Gasteiger partial charge in [-0.2, -0.15) is 0 Å². The average molecular weight is 348 g/mol. The first-order chi connectivity index (χ1) is 8.82. The summed E-state index contributed by atoms with van der Waals surface area (Å²) in [6.07, 6.45) is 0. The predicted molar refractivity (Wildman–Crippen MR) is 81.2 cm³/mol. The Hall–Kier alpha value is -0.610. The van der Waals surface area contributed by atoms with Crippen molar-refractivity contribution in [3.63, 3.8) is 0 Å². The second-order valence-electron chi connectivity index (χ2n) is 5.20. The van der Waals surface area contributed by atoms with Crippen molar-refractivity contribution in [3.8, 4) is 0 Å². The highest BCUT2D eigenvalue weighted by Crippen LogP contribution is 2.33. The molecule has 2 nitrogen and oxygen atoms in total. The van der Waals surface area contributed by atoms with Crippen molar-refractivity contribution in [2.45, 2.75) is 39.1 Å². The van der Waals surface area contributed by atoms with Gasteiger partial charge in [0.1, 0.15) is 11.6 Å². The van der Waals surface area contributed by atoms with Gasteiger partial charge in [0.05, 0.1) is 20.9 Å². The first-order valence-electron chi connectivity index (χ1n) is 6.33. The number of rotatable bonds is 3. The van der Waals surface area contributed by atoms with Crippen LogP contribution in [-0.2, 0) is 0 Å². The van der Waals surface area contributed by atoms with Crippen molar-refractivity contribution in [1.29, 1.82) is 0 Å². The molecule has 5 heteroatoms. The lowest BCUT2D eigenvalue weighted by Gasteiger charge is -2.22. The zero-order chi connectivity index (χ0) is 14.3. The van der Waals surface area contributed by atoms with Crippen LogP contribution in [0.2, 0.25) is 0 Å². The number of hydrogen-bond acceptors (Lipinski definition) is 1. The normalized spacial score (nSPS) is 15.2. The fourth-order valence-corrected chi connectivity index (χ4v) is 2.60. The highest BCUT2D eigenvalue weighted by molar-refractivity contribution is 9.10.